The molecule has 11 rings (SSSR count). The van der Waals surface area contributed by atoms with Gasteiger partial charge in [-0.05, 0) is 114 Å². The lowest BCUT2D eigenvalue weighted by molar-refractivity contribution is 0.660. The smallest absolute Gasteiger partial charge is 0.0713 e. The van der Waals surface area contributed by atoms with Crippen molar-refractivity contribution >= 4 is 27.8 Å². The van der Waals surface area contributed by atoms with Gasteiger partial charge in [-0.3, -0.25) is 0 Å². The van der Waals surface area contributed by atoms with Crippen molar-refractivity contribution in [3.63, 3.8) is 0 Å². The maximum absolute atomic E-state index is 2.45. The summed E-state index contributed by atoms with van der Waals surface area (Å²) in [4.78, 5) is 2.45. The summed E-state index contributed by atoms with van der Waals surface area (Å²) in [5.74, 6) is 0. The van der Waals surface area contributed by atoms with Crippen LogP contribution in [0.4, 0.5) is 17.1 Å². The van der Waals surface area contributed by atoms with Crippen LogP contribution >= 0.6 is 0 Å². The Morgan fingerprint density at radius 1 is 0.351 bits per heavy atom. The normalized spacial score (nSPS) is 14.1. The van der Waals surface area contributed by atoms with Crippen molar-refractivity contribution in [1.82, 2.24) is 0 Å². The van der Waals surface area contributed by atoms with Crippen LogP contribution in [0.3, 0.4) is 0 Å². The number of hydrogen-bond donors (Lipinski definition) is 0. The molecule has 0 aromatic heterocycles. The number of benzene rings is 9. The van der Waals surface area contributed by atoms with E-state index < -0.39 is 5.41 Å². The molecule has 0 saturated carbocycles. The molecule has 0 aliphatic heterocycles. The van der Waals surface area contributed by atoms with Crippen LogP contribution in [-0.2, 0) is 10.8 Å². The Bertz CT molecular complexity index is 2920. The maximum atomic E-state index is 2.45. The molecule has 2 aliphatic carbocycles. The summed E-state index contributed by atoms with van der Waals surface area (Å²) in [6.07, 6.45) is 0. The Morgan fingerprint density at radius 3 is 1.56 bits per heavy atom. The Kier molecular flexibility index (Phi) is 7.50. The Hall–Kier alpha value is -6.96. The van der Waals surface area contributed by atoms with Crippen molar-refractivity contribution in [3.8, 4) is 33.4 Å². The molecule has 0 saturated heterocycles. The van der Waals surface area contributed by atoms with Gasteiger partial charge in [-0.25, -0.2) is 0 Å². The molecular formula is C56H41N. The zero-order chi connectivity index (χ0) is 38.1. The first-order valence-electron chi connectivity index (χ1n) is 20.0. The second-order valence-corrected chi connectivity index (χ2v) is 16.1. The van der Waals surface area contributed by atoms with Gasteiger partial charge in [-0.15, -0.1) is 0 Å². The highest BCUT2D eigenvalue weighted by atomic mass is 15.1. The zero-order valence-corrected chi connectivity index (χ0v) is 32.2. The number of nitrogens with zero attached hydrogens (tertiary/aromatic N) is 1. The topological polar surface area (TPSA) is 3.24 Å². The quantitative estimate of drug-likeness (QED) is 0.165. The van der Waals surface area contributed by atoms with E-state index in [-0.39, 0.29) is 5.41 Å². The fourth-order valence-corrected chi connectivity index (χ4v) is 10.1. The van der Waals surface area contributed by atoms with Crippen LogP contribution in [0.25, 0.3) is 44.2 Å². The van der Waals surface area contributed by atoms with Gasteiger partial charge in [-0.2, -0.15) is 0 Å². The monoisotopic (exact) mass is 727 g/mol. The molecule has 0 spiro atoms. The van der Waals surface area contributed by atoms with E-state index in [1.807, 2.05) is 0 Å². The first-order chi connectivity index (χ1) is 28.0. The van der Waals surface area contributed by atoms with E-state index in [4.69, 9.17) is 0 Å². The molecule has 0 bridgehead atoms. The molecular weight excluding hydrogens is 687 g/mol. The molecule has 0 radical (unpaired) electrons. The molecule has 0 atom stereocenters. The molecule has 0 unspecified atom stereocenters. The lowest BCUT2D eigenvalue weighted by Crippen LogP contribution is -2.28. The van der Waals surface area contributed by atoms with Crippen LogP contribution in [0.15, 0.2) is 212 Å². The minimum absolute atomic E-state index is 0.114. The van der Waals surface area contributed by atoms with Gasteiger partial charge in [0.05, 0.1) is 5.41 Å². The van der Waals surface area contributed by atoms with Gasteiger partial charge >= 0.3 is 0 Å². The highest BCUT2D eigenvalue weighted by molar-refractivity contribution is 6.06. The van der Waals surface area contributed by atoms with E-state index in [2.05, 4.69) is 231 Å². The third-order valence-corrected chi connectivity index (χ3v) is 12.7. The van der Waals surface area contributed by atoms with Gasteiger partial charge < -0.3 is 4.90 Å². The van der Waals surface area contributed by atoms with Crippen molar-refractivity contribution in [3.05, 3.63) is 246 Å². The van der Waals surface area contributed by atoms with Crippen molar-refractivity contribution in [2.45, 2.75) is 24.7 Å². The number of hydrogen-bond acceptors (Lipinski definition) is 1. The fourth-order valence-electron chi connectivity index (χ4n) is 10.1. The largest absolute Gasteiger partial charge is 0.310 e. The molecule has 9 aromatic rings. The van der Waals surface area contributed by atoms with Gasteiger partial charge in [0, 0.05) is 22.5 Å². The molecule has 0 fully saturated rings. The van der Waals surface area contributed by atoms with E-state index in [0.29, 0.717) is 0 Å². The van der Waals surface area contributed by atoms with Crippen LogP contribution < -0.4 is 4.90 Å². The molecule has 0 amide bonds. The average molecular weight is 728 g/mol. The minimum atomic E-state index is -0.452. The summed E-state index contributed by atoms with van der Waals surface area (Å²) in [5, 5.41) is 2.49. The second-order valence-electron chi connectivity index (χ2n) is 16.1. The van der Waals surface area contributed by atoms with E-state index in [1.54, 1.807) is 0 Å². The average Bonchev–Trinajstić information content (AvgIpc) is 3.71. The Labute approximate surface area is 335 Å². The second kappa shape index (κ2) is 12.8. The number of rotatable bonds is 6. The zero-order valence-electron chi connectivity index (χ0n) is 32.2. The number of fused-ring (bicyclic) bond motifs is 8. The fraction of sp³-hybridized carbons (Fsp3) is 0.0714. The van der Waals surface area contributed by atoms with Crippen LogP contribution in [0.5, 0.6) is 0 Å². The third kappa shape index (κ3) is 4.95. The summed E-state index contributed by atoms with van der Waals surface area (Å²) in [5.41, 5.74) is 18.5. The summed E-state index contributed by atoms with van der Waals surface area (Å²) < 4.78 is 0. The molecule has 0 heterocycles. The molecule has 57 heavy (non-hydrogen) atoms. The highest BCUT2D eigenvalue weighted by Gasteiger charge is 2.46. The van der Waals surface area contributed by atoms with E-state index >= 15 is 0 Å². The third-order valence-electron chi connectivity index (χ3n) is 12.7. The van der Waals surface area contributed by atoms with Gasteiger partial charge in [0.2, 0.25) is 0 Å². The lowest BCUT2D eigenvalue weighted by atomic mass is 9.67. The van der Waals surface area contributed by atoms with Gasteiger partial charge in [0.1, 0.15) is 0 Å². The predicted octanol–water partition coefficient (Wildman–Crippen LogP) is 14.6. The van der Waals surface area contributed by atoms with Crippen LogP contribution in [0, 0.1) is 0 Å². The van der Waals surface area contributed by atoms with Crippen molar-refractivity contribution < 1.29 is 0 Å². The van der Waals surface area contributed by atoms with E-state index in [0.717, 1.165) is 17.1 Å². The minimum Gasteiger partial charge on any atom is -0.310 e. The van der Waals surface area contributed by atoms with Gasteiger partial charge in [0.25, 0.3) is 0 Å². The standard InChI is InChI=1S/C56H41N/c1-55(2)50-24-14-12-22-46(50)47-34-33-45(37-53(47)55)57(43-30-26-39(27-31-43)38-16-6-3-7-17-38)44-32-28-40-29-35-52-54(49(40)36-44)48-23-13-15-25-51(48)56(52,41-18-8-4-9-19-41)42-20-10-5-11-21-42/h3-37H,1-2H3. The van der Waals surface area contributed by atoms with Crippen molar-refractivity contribution in [2.75, 3.05) is 4.90 Å². The highest BCUT2D eigenvalue weighted by Crippen LogP contribution is 2.58. The lowest BCUT2D eigenvalue weighted by Gasteiger charge is -2.34. The van der Waals surface area contributed by atoms with Crippen LogP contribution in [0.2, 0.25) is 0 Å². The molecule has 1 nitrogen and oxygen atoms in total. The van der Waals surface area contributed by atoms with E-state index in [9.17, 15) is 0 Å². The SMILES string of the molecule is CC1(C)c2ccccc2-c2ccc(N(c3ccc(-c4ccccc4)cc3)c3ccc4ccc5c(c4c3)-c3ccccc3C5(c3ccccc3)c3ccccc3)cc21. The molecule has 1 heteroatoms. The van der Waals surface area contributed by atoms with Gasteiger partial charge in [0.15, 0.2) is 0 Å². The summed E-state index contributed by atoms with van der Waals surface area (Å²) in [7, 11) is 0. The first kappa shape index (κ1) is 33.4. The summed E-state index contributed by atoms with van der Waals surface area (Å²) >= 11 is 0. The predicted molar refractivity (Wildman–Crippen MR) is 239 cm³/mol. The number of anilines is 3. The van der Waals surface area contributed by atoms with Gasteiger partial charge in [-0.1, -0.05) is 190 Å². The Balaban J connectivity index is 1.15. The van der Waals surface area contributed by atoms with Crippen molar-refractivity contribution in [1.29, 1.82) is 0 Å². The molecule has 2 aliphatic rings. The summed E-state index contributed by atoms with van der Waals surface area (Å²) in [6, 6.07) is 78.7. The summed E-state index contributed by atoms with van der Waals surface area (Å²) in [6.45, 7) is 4.73. The first-order valence-corrected chi connectivity index (χ1v) is 20.0. The van der Waals surface area contributed by atoms with Crippen LogP contribution in [0.1, 0.15) is 47.2 Å². The molecule has 9 aromatic carbocycles. The van der Waals surface area contributed by atoms with E-state index in [1.165, 1.54) is 77.5 Å². The molecule has 270 valence electrons. The van der Waals surface area contributed by atoms with Crippen molar-refractivity contribution in [2.24, 2.45) is 0 Å². The maximum Gasteiger partial charge on any atom is 0.0713 e. The Morgan fingerprint density at radius 2 is 0.860 bits per heavy atom. The van der Waals surface area contributed by atoms with Crippen LogP contribution in [-0.4, -0.2) is 0 Å². The molecule has 0 N–H and O–H groups in total.